The van der Waals surface area contributed by atoms with E-state index in [0.29, 0.717) is 6.04 Å². The topological polar surface area (TPSA) is 28.4 Å². The molecule has 3 nitrogen and oxygen atoms in total. The summed E-state index contributed by atoms with van der Waals surface area (Å²) in [6.07, 6.45) is 4.17. The molecule has 0 saturated carbocycles. The largest absolute Gasteiger partial charge is 0.468 e. The van der Waals surface area contributed by atoms with E-state index in [2.05, 4.69) is 23.2 Å². The molecule has 2 heterocycles. The van der Waals surface area contributed by atoms with Crippen LogP contribution in [0.3, 0.4) is 0 Å². The monoisotopic (exact) mass is 208 g/mol. The smallest absolute Gasteiger partial charge is 0.120 e. The van der Waals surface area contributed by atoms with Crippen LogP contribution >= 0.6 is 0 Å². The number of piperazine rings is 1. The van der Waals surface area contributed by atoms with E-state index in [1.54, 1.807) is 6.26 Å². The van der Waals surface area contributed by atoms with Crippen molar-refractivity contribution in [3.05, 3.63) is 24.2 Å². The summed E-state index contributed by atoms with van der Waals surface area (Å²) in [5.41, 5.74) is 0. The molecule has 0 radical (unpaired) electrons. The Hall–Kier alpha value is -0.800. The fraction of sp³-hybridized carbons (Fsp3) is 0.667. The molecule has 1 atom stereocenters. The van der Waals surface area contributed by atoms with Crippen LogP contribution in [0.15, 0.2) is 22.8 Å². The summed E-state index contributed by atoms with van der Waals surface area (Å²) >= 11 is 0. The van der Waals surface area contributed by atoms with Gasteiger partial charge in [-0.2, -0.15) is 0 Å². The van der Waals surface area contributed by atoms with E-state index in [-0.39, 0.29) is 0 Å². The molecule has 1 aliphatic rings. The lowest BCUT2D eigenvalue weighted by atomic mass is 10.1. The van der Waals surface area contributed by atoms with Crippen molar-refractivity contribution in [3.8, 4) is 0 Å². The molecule has 1 aromatic rings. The van der Waals surface area contributed by atoms with Gasteiger partial charge in [-0.15, -0.1) is 0 Å². The van der Waals surface area contributed by atoms with Crippen molar-refractivity contribution in [2.75, 3.05) is 26.2 Å². The van der Waals surface area contributed by atoms with Crippen LogP contribution in [0.25, 0.3) is 0 Å². The van der Waals surface area contributed by atoms with Crippen LogP contribution in [0.5, 0.6) is 0 Å². The number of hydrogen-bond acceptors (Lipinski definition) is 3. The summed E-state index contributed by atoms with van der Waals surface area (Å²) in [6, 6.07) is 4.56. The van der Waals surface area contributed by atoms with Crippen LogP contribution < -0.4 is 5.32 Å². The number of furan rings is 1. The van der Waals surface area contributed by atoms with Crippen molar-refractivity contribution in [2.24, 2.45) is 0 Å². The molecular formula is C12H20N2O. The highest BCUT2D eigenvalue weighted by Crippen LogP contribution is 2.26. The highest BCUT2D eigenvalue weighted by atomic mass is 16.3. The molecule has 3 heteroatoms. The molecule has 1 N–H and O–H groups in total. The van der Waals surface area contributed by atoms with Crippen molar-refractivity contribution < 1.29 is 4.42 Å². The molecule has 15 heavy (non-hydrogen) atoms. The minimum Gasteiger partial charge on any atom is -0.468 e. The number of rotatable bonds is 4. The minimum atomic E-state index is 0.479. The second kappa shape index (κ2) is 5.33. The van der Waals surface area contributed by atoms with Crippen LogP contribution in [-0.2, 0) is 0 Å². The lowest BCUT2D eigenvalue weighted by Crippen LogP contribution is -2.45. The average molecular weight is 208 g/mol. The van der Waals surface area contributed by atoms with E-state index < -0.39 is 0 Å². The van der Waals surface area contributed by atoms with Crippen LogP contribution in [0.2, 0.25) is 0 Å². The van der Waals surface area contributed by atoms with Gasteiger partial charge < -0.3 is 9.73 Å². The Morgan fingerprint density at radius 1 is 1.47 bits per heavy atom. The summed E-state index contributed by atoms with van der Waals surface area (Å²) in [4.78, 5) is 2.53. The normalized spacial score (nSPS) is 20.3. The Bertz CT molecular complexity index is 265. The first-order chi connectivity index (χ1) is 7.42. The van der Waals surface area contributed by atoms with Gasteiger partial charge in [0.2, 0.25) is 0 Å². The third-order valence-corrected chi connectivity index (χ3v) is 3.03. The molecule has 1 aliphatic heterocycles. The molecular weight excluding hydrogens is 188 g/mol. The summed E-state index contributed by atoms with van der Waals surface area (Å²) in [5, 5.41) is 3.38. The standard InChI is InChI=1S/C12H20N2O/c1-2-4-11(12-5-3-10-15-12)14-8-6-13-7-9-14/h3,5,10-11,13H,2,4,6-9H2,1H3/t11-/m1/s1. The van der Waals surface area contributed by atoms with E-state index in [0.717, 1.165) is 31.9 Å². The van der Waals surface area contributed by atoms with E-state index in [4.69, 9.17) is 4.42 Å². The maximum atomic E-state index is 5.54. The van der Waals surface area contributed by atoms with Gasteiger partial charge in [0.25, 0.3) is 0 Å². The van der Waals surface area contributed by atoms with Crippen molar-refractivity contribution in [1.82, 2.24) is 10.2 Å². The van der Waals surface area contributed by atoms with E-state index >= 15 is 0 Å². The van der Waals surface area contributed by atoms with Crippen LogP contribution in [0, 0.1) is 0 Å². The SMILES string of the molecule is CCC[C@H](c1ccco1)N1CCNCC1. The third kappa shape index (κ3) is 2.61. The Morgan fingerprint density at radius 3 is 2.87 bits per heavy atom. The van der Waals surface area contributed by atoms with Crippen LogP contribution in [0.4, 0.5) is 0 Å². The van der Waals surface area contributed by atoms with Gasteiger partial charge in [0.1, 0.15) is 5.76 Å². The first kappa shape index (κ1) is 10.7. The second-order valence-electron chi connectivity index (χ2n) is 4.11. The van der Waals surface area contributed by atoms with Gasteiger partial charge in [-0.25, -0.2) is 0 Å². The fourth-order valence-corrected chi connectivity index (χ4v) is 2.25. The summed E-state index contributed by atoms with van der Waals surface area (Å²) in [7, 11) is 0. The maximum Gasteiger partial charge on any atom is 0.120 e. The first-order valence-electron chi connectivity index (χ1n) is 5.90. The van der Waals surface area contributed by atoms with Crippen LogP contribution in [0.1, 0.15) is 31.6 Å². The zero-order chi connectivity index (χ0) is 10.5. The van der Waals surface area contributed by atoms with Crippen molar-refractivity contribution in [1.29, 1.82) is 0 Å². The predicted molar refractivity (Wildman–Crippen MR) is 60.8 cm³/mol. The molecule has 0 spiro atoms. The van der Waals surface area contributed by atoms with Gasteiger partial charge in [-0.3, -0.25) is 4.90 Å². The zero-order valence-electron chi connectivity index (χ0n) is 9.41. The average Bonchev–Trinajstić information content (AvgIpc) is 2.80. The molecule has 1 saturated heterocycles. The van der Waals surface area contributed by atoms with Gasteiger partial charge in [0.05, 0.1) is 12.3 Å². The quantitative estimate of drug-likeness (QED) is 0.820. The lowest BCUT2D eigenvalue weighted by Gasteiger charge is -2.33. The van der Waals surface area contributed by atoms with Gasteiger partial charge in [0, 0.05) is 26.2 Å². The fourth-order valence-electron chi connectivity index (χ4n) is 2.25. The molecule has 0 aliphatic carbocycles. The number of hydrogen-bond donors (Lipinski definition) is 1. The Balaban J connectivity index is 2.04. The van der Waals surface area contributed by atoms with E-state index in [1.807, 2.05) is 6.07 Å². The number of nitrogens with one attached hydrogen (secondary N) is 1. The Labute approximate surface area is 91.4 Å². The van der Waals surface area contributed by atoms with Gasteiger partial charge >= 0.3 is 0 Å². The second-order valence-corrected chi connectivity index (χ2v) is 4.11. The molecule has 1 fully saturated rings. The Kier molecular flexibility index (Phi) is 3.80. The molecule has 0 bridgehead atoms. The summed E-state index contributed by atoms with van der Waals surface area (Å²) < 4.78 is 5.54. The van der Waals surface area contributed by atoms with Gasteiger partial charge in [-0.05, 0) is 18.6 Å². The first-order valence-corrected chi connectivity index (χ1v) is 5.90. The molecule has 0 aromatic carbocycles. The predicted octanol–water partition coefficient (Wildman–Crippen LogP) is 2.03. The van der Waals surface area contributed by atoms with Crippen molar-refractivity contribution >= 4 is 0 Å². The molecule has 0 unspecified atom stereocenters. The van der Waals surface area contributed by atoms with Gasteiger partial charge in [-0.1, -0.05) is 13.3 Å². The van der Waals surface area contributed by atoms with E-state index in [9.17, 15) is 0 Å². The summed E-state index contributed by atoms with van der Waals surface area (Å²) in [6.45, 7) is 6.69. The third-order valence-electron chi connectivity index (χ3n) is 3.03. The van der Waals surface area contributed by atoms with E-state index in [1.165, 1.54) is 12.8 Å². The van der Waals surface area contributed by atoms with Crippen molar-refractivity contribution in [2.45, 2.75) is 25.8 Å². The molecule has 0 amide bonds. The maximum absolute atomic E-state index is 5.54. The highest BCUT2D eigenvalue weighted by Gasteiger charge is 2.22. The highest BCUT2D eigenvalue weighted by molar-refractivity contribution is 5.05. The Morgan fingerprint density at radius 2 is 2.27 bits per heavy atom. The molecule has 84 valence electrons. The zero-order valence-corrected chi connectivity index (χ0v) is 9.41. The van der Waals surface area contributed by atoms with Gasteiger partial charge in [0.15, 0.2) is 0 Å². The molecule has 2 rings (SSSR count). The lowest BCUT2D eigenvalue weighted by molar-refractivity contribution is 0.146. The number of nitrogens with zero attached hydrogens (tertiary/aromatic N) is 1. The van der Waals surface area contributed by atoms with Crippen LogP contribution in [-0.4, -0.2) is 31.1 Å². The molecule has 1 aromatic heterocycles. The van der Waals surface area contributed by atoms with Crippen molar-refractivity contribution in [3.63, 3.8) is 0 Å². The summed E-state index contributed by atoms with van der Waals surface area (Å²) in [5.74, 6) is 1.12. The minimum absolute atomic E-state index is 0.479.